The topological polar surface area (TPSA) is 48.5 Å². The maximum absolute atomic E-state index is 12.5. The number of hydrogen-bond donors (Lipinski definition) is 1. The second kappa shape index (κ2) is 11.8. The van der Waals surface area contributed by atoms with Gasteiger partial charge in [0.25, 0.3) is 0 Å². The monoisotopic (exact) mass is 526 g/mol. The lowest BCUT2D eigenvalue weighted by Crippen LogP contribution is -2.50. The Hall–Kier alpha value is -2.06. The number of carbonyl (C=O) groups excluding carboxylic acids is 1. The van der Waals surface area contributed by atoms with Crippen molar-refractivity contribution >= 4 is 52.0 Å². The summed E-state index contributed by atoms with van der Waals surface area (Å²) < 4.78 is 0.882. The number of carbonyl (C=O) groups is 1. The molecule has 1 aliphatic heterocycles. The molecule has 2 aliphatic rings. The van der Waals surface area contributed by atoms with Crippen LogP contribution < -0.4 is 10.2 Å². The summed E-state index contributed by atoms with van der Waals surface area (Å²) in [4.78, 5) is 22.3. The van der Waals surface area contributed by atoms with Gasteiger partial charge in [-0.3, -0.25) is 9.69 Å². The molecule has 2 heterocycles. The average molecular weight is 527 g/mol. The van der Waals surface area contributed by atoms with Crippen molar-refractivity contribution in [3.8, 4) is 11.3 Å². The first-order valence-electron chi connectivity index (χ1n) is 12.4. The molecule has 5 nitrogen and oxygen atoms in total. The van der Waals surface area contributed by atoms with Crippen LogP contribution in [-0.4, -0.2) is 53.8 Å². The quantitative estimate of drug-likeness (QED) is 0.349. The van der Waals surface area contributed by atoms with E-state index in [2.05, 4.69) is 32.2 Å². The third-order valence-corrected chi connectivity index (χ3v) is 9.14. The Morgan fingerprint density at radius 1 is 1.00 bits per heavy atom. The minimum Gasteiger partial charge on any atom is -0.369 e. The van der Waals surface area contributed by atoms with Crippen molar-refractivity contribution < 1.29 is 4.79 Å². The number of nitrogens with zero attached hydrogens (tertiary/aromatic N) is 3. The number of amides is 1. The fraction of sp³-hybridized carbons (Fsp3) is 0.407. The zero-order chi connectivity index (χ0) is 24.0. The highest BCUT2D eigenvalue weighted by Crippen LogP contribution is 2.29. The standard InChI is InChI=1S/C27H31ClN4OS2/c28-21-8-6-20(7-9-21)25-18-34-27(30-25)35-19-26(33)29-22-10-12-24(13-11-22)32-16-14-31(15-17-32)23-4-2-1-3-5-23/h6-13,18,23H,1-5,14-17,19H2,(H,29,33). The highest BCUT2D eigenvalue weighted by molar-refractivity contribution is 8.01. The van der Waals surface area contributed by atoms with Crippen LogP contribution in [0.1, 0.15) is 32.1 Å². The van der Waals surface area contributed by atoms with Gasteiger partial charge >= 0.3 is 0 Å². The fourth-order valence-electron chi connectivity index (χ4n) is 4.95. The van der Waals surface area contributed by atoms with Crippen molar-refractivity contribution in [2.45, 2.75) is 42.5 Å². The Labute approximate surface area is 220 Å². The molecule has 2 aromatic carbocycles. The van der Waals surface area contributed by atoms with Crippen LogP contribution in [0.2, 0.25) is 5.02 Å². The number of anilines is 2. The summed E-state index contributed by atoms with van der Waals surface area (Å²) in [5, 5.41) is 5.73. The summed E-state index contributed by atoms with van der Waals surface area (Å²) in [5.74, 6) is 0.311. The third-order valence-electron chi connectivity index (χ3n) is 6.87. The highest BCUT2D eigenvalue weighted by Gasteiger charge is 2.25. The minimum absolute atomic E-state index is 0.0212. The lowest BCUT2D eigenvalue weighted by atomic mass is 9.94. The first kappa shape index (κ1) is 24.6. The van der Waals surface area contributed by atoms with Crippen LogP contribution in [0.5, 0.6) is 0 Å². The van der Waals surface area contributed by atoms with Gasteiger partial charge in [-0.05, 0) is 49.2 Å². The lowest BCUT2D eigenvalue weighted by Gasteiger charge is -2.41. The molecule has 2 fully saturated rings. The Morgan fingerprint density at radius 2 is 1.71 bits per heavy atom. The molecule has 1 aliphatic carbocycles. The molecule has 3 aromatic rings. The lowest BCUT2D eigenvalue weighted by molar-refractivity contribution is -0.113. The van der Waals surface area contributed by atoms with E-state index in [1.165, 1.54) is 49.6 Å². The predicted octanol–water partition coefficient (Wildman–Crippen LogP) is 6.65. The SMILES string of the molecule is O=C(CSc1nc(-c2ccc(Cl)cc2)cs1)Nc1ccc(N2CCN(C3CCCCC3)CC2)cc1. The first-order chi connectivity index (χ1) is 17.1. The van der Waals surface area contributed by atoms with E-state index in [-0.39, 0.29) is 5.91 Å². The second-order valence-electron chi connectivity index (χ2n) is 9.20. The molecule has 0 spiro atoms. The average Bonchev–Trinajstić information content (AvgIpc) is 3.38. The molecular formula is C27H31ClN4OS2. The largest absolute Gasteiger partial charge is 0.369 e. The summed E-state index contributed by atoms with van der Waals surface area (Å²) in [5.41, 5.74) is 4.00. The predicted molar refractivity (Wildman–Crippen MR) is 149 cm³/mol. The van der Waals surface area contributed by atoms with Gasteiger partial charge in [0.2, 0.25) is 5.91 Å². The van der Waals surface area contributed by atoms with E-state index >= 15 is 0 Å². The fourth-order valence-corrected chi connectivity index (χ4v) is 6.71. The summed E-state index contributed by atoms with van der Waals surface area (Å²) in [6, 6.07) is 16.7. The number of hydrogen-bond acceptors (Lipinski definition) is 6. The van der Waals surface area contributed by atoms with E-state index < -0.39 is 0 Å². The maximum Gasteiger partial charge on any atom is 0.234 e. The van der Waals surface area contributed by atoms with E-state index in [4.69, 9.17) is 11.6 Å². The van der Waals surface area contributed by atoms with Crippen molar-refractivity contribution in [1.29, 1.82) is 0 Å². The van der Waals surface area contributed by atoms with Crippen LogP contribution in [-0.2, 0) is 4.79 Å². The van der Waals surface area contributed by atoms with Gasteiger partial charge in [0.1, 0.15) is 0 Å². The van der Waals surface area contributed by atoms with Crippen molar-refractivity contribution in [3.05, 3.63) is 58.9 Å². The molecule has 0 radical (unpaired) electrons. The van der Waals surface area contributed by atoms with E-state index in [1.807, 2.05) is 41.8 Å². The molecular weight excluding hydrogens is 496 g/mol. The number of benzene rings is 2. The van der Waals surface area contributed by atoms with Gasteiger partial charge < -0.3 is 10.2 Å². The summed E-state index contributed by atoms with van der Waals surface area (Å²) in [6.07, 6.45) is 6.95. The number of piperazine rings is 1. The van der Waals surface area contributed by atoms with Crippen molar-refractivity contribution in [2.24, 2.45) is 0 Å². The van der Waals surface area contributed by atoms with Crippen LogP contribution in [0.25, 0.3) is 11.3 Å². The Kier molecular flexibility index (Phi) is 8.29. The van der Waals surface area contributed by atoms with Crippen LogP contribution in [0, 0.1) is 0 Å². The van der Waals surface area contributed by atoms with Gasteiger partial charge in [0.15, 0.2) is 4.34 Å². The van der Waals surface area contributed by atoms with Gasteiger partial charge in [-0.2, -0.15) is 0 Å². The van der Waals surface area contributed by atoms with Gasteiger partial charge in [0.05, 0.1) is 11.4 Å². The smallest absolute Gasteiger partial charge is 0.234 e. The summed E-state index contributed by atoms with van der Waals surface area (Å²) in [6.45, 7) is 4.45. The molecule has 0 bridgehead atoms. The molecule has 5 rings (SSSR count). The van der Waals surface area contributed by atoms with Crippen molar-refractivity contribution in [1.82, 2.24) is 9.88 Å². The molecule has 0 unspecified atom stereocenters. The normalized spacial score (nSPS) is 17.5. The van der Waals surface area contributed by atoms with Crippen molar-refractivity contribution in [2.75, 3.05) is 42.1 Å². The van der Waals surface area contributed by atoms with Gasteiger partial charge in [0, 0.05) is 59.6 Å². The van der Waals surface area contributed by atoms with Gasteiger partial charge in [-0.25, -0.2) is 4.98 Å². The van der Waals surface area contributed by atoms with Crippen LogP contribution in [0.4, 0.5) is 11.4 Å². The number of rotatable bonds is 7. The molecule has 1 N–H and O–H groups in total. The molecule has 184 valence electrons. The summed E-state index contributed by atoms with van der Waals surface area (Å²) in [7, 11) is 0. The number of nitrogens with one attached hydrogen (secondary N) is 1. The molecule has 1 saturated carbocycles. The van der Waals surface area contributed by atoms with Crippen LogP contribution in [0.15, 0.2) is 58.3 Å². The Morgan fingerprint density at radius 3 is 2.43 bits per heavy atom. The van der Waals surface area contributed by atoms with Gasteiger partial charge in [-0.1, -0.05) is 54.8 Å². The van der Waals surface area contributed by atoms with Crippen molar-refractivity contribution in [3.63, 3.8) is 0 Å². The third kappa shape index (κ3) is 6.58. The van der Waals surface area contributed by atoms with E-state index in [0.717, 1.165) is 53.5 Å². The zero-order valence-electron chi connectivity index (χ0n) is 19.8. The van der Waals surface area contributed by atoms with Crippen LogP contribution >= 0.6 is 34.7 Å². The zero-order valence-corrected chi connectivity index (χ0v) is 22.2. The van der Waals surface area contributed by atoms with E-state index in [1.54, 1.807) is 11.3 Å². The molecule has 1 aromatic heterocycles. The molecule has 0 atom stereocenters. The minimum atomic E-state index is -0.0212. The number of thioether (sulfide) groups is 1. The molecule has 1 saturated heterocycles. The second-order valence-corrected chi connectivity index (χ2v) is 11.7. The molecule has 35 heavy (non-hydrogen) atoms. The number of aromatic nitrogens is 1. The Bertz CT molecular complexity index is 1100. The first-order valence-corrected chi connectivity index (χ1v) is 14.6. The summed E-state index contributed by atoms with van der Waals surface area (Å²) >= 11 is 8.98. The highest BCUT2D eigenvalue weighted by atomic mass is 35.5. The van der Waals surface area contributed by atoms with Crippen LogP contribution in [0.3, 0.4) is 0 Å². The molecule has 1 amide bonds. The van der Waals surface area contributed by atoms with E-state index in [9.17, 15) is 4.79 Å². The maximum atomic E-state index is 12.5. The number of thiazole rings is 1. The van der Waals surface area contributed by atoms with E-state index in [0.29, 0.717) is 10.8 Å². The number of halogens is 1. The molecule has 8 heteroatoms. The van der Waals surface area contributed by atoms with Gasteiger partial charge in [-0.15, -0.1) is 11.3 Å². The Balaban J connectivity index is 1.07.